The van der Waals surface area contributed by atoms with Crippen LogP contribution in [0.2, 0.25) is 0 Å². The average Bonchev–Trinajstić information content (AvgIpc) is 2.63. The van der Waals surface area contributed by atoms with E-state index in [-0.39, 0.29) is 0 Å². The number of rotatable bonds is 5. The average molecular weight is 276 g/mol. The van der Waals surface area contributed by atoms with E-state index in [1.165, 1.54) is 12.0 Å². The van der Waals surface area contributed by atoms with E-state index >= 15 is 0 Å². The molecule has 2 heterocycles. The highest BCUT2D eigenvalue weighted by Gasteiger charge is 2.30. The maximum atomic E-state index is 10.9. The van der Waals surface area contributed by atoms with Gasteiger partial charge in [-0.2, -0.15) is 0 Å². The molecule has 0 bridgehead atoms. The standard InChI is InChI=1S/C17H28N2O/c1-3-10-19-11-5-8-17(20,9-12-19)13-16-7-6-15(4-2)14-18-16/h6-7,14,20H,3-5,8-13H2,1-2H3. The number of likely N-dealkylation sites (tertiary alicyclic amines) is 1. The first-order valence-electron chi connectivity index (χ1n) is 8.04. The summed E-state index contributed by atoms with van der Waals surface area (Å²) in [6.07, 6.45) is 7.69. The highest BCUT2D eigenvalue weighted by atomic mass is 16.3. The second-order valence-corrected chi connectivity index (χ2v) is 6.11. The zero-order valence-electron chi connectivity index (χ0n) is 12.9. The minimum absolute atomic E-state index is 0.566. The van der Waals surface area contributed by atoms with Crippen molar-refractivity contribution in [2.75, 3.05) is 19.6 Å². The number of hydrogen-bond acceptors (Lipinski definition) is 3. The molecule has 1 saturated heterocycles. The van der Waals surface area contributed by atoms with E-state index in [4.69, 9.17) is 0 Å². The van der Waals surface area contributed by atoms with Gasteiger partial charge in [-0.25, -0.2) is 0 Å². The van der Waals surface area contributed by atoms with Crippen molar-refractivity contribution in [1.82, 2.24) is 9.88 Å². The molecule has 1 aromatic rings. The Morgan fingerprint density at radius 3 is 2.75 bits per heavy atom. The Hall–Kier alpha value is -0.930. The fourth-order valence-electron chi connectivity index (χ4n) is 3.06. The van der Waals surface area contributed by atoms with E-state index in [9.17, 15) is 5.11 Å². The van der Waals surface area contributed by atoms with Gasteiger partial charge in [-0.1, -0.05) is 19.9 Å². The Morgan fingerprint density at radius 2 is 2.10 bits per heavy atom. The van der Waals surface area contributed by atoms with Crippen LogP contribution in [0.1, 0.15) is 50.8 Å². The molecule has 0 aromatic carbocycles. The molecule has 0 aliphatic carbocycles. The zero-order chi connectivity index (χ0) is 14.4. The molecule has 1 aliphatic heterocycles. The van der Waals surface area contributed by atoms with Crippen molar-refractivity contribution in [2.45, 2.75) is 58.0 Å². The van der Waals surface area contributed by atoms with Crippen molar-refractivity contribution >= 4 is 0 Å². The molecule has 1 atom stereocenters. The van der Waals surface area contributed by atoms with E-state index in [0.29, 0.717) is 6.42 Å². The summed E-state index contributed by atoms with van der Waals surface area (Å²) >= 11 is 0. The monoisotopic (exact) mass is 276 g/mol. The summed E-state index contributed by atoms with van der Waals surface area (Å²) < 4.78 is 0. The lowest BCUT2D eigenvalue weighted by Gasteiger charge is -2.26. The van der Waals surface area contributed by atoms with Crippen LogP contribution in [0.3, 0.4) is 0 Å². The van der Waals surface area contributed by atoms with Gasteiger partial charge in [-0.3, -0.25) is 4.98 Å². The summed E-state index contributed by atoms with van der Waals surface area (Å²) in [5.41, 5.74) is 1.72. The number of hydrogen-bond donors (Lipinski definition) is 1. The van der Waals surface area contributed by atoms with Crippen molar-refractivity contribution in [3.05, 3.63) is 29.6 Å². The van der Waals surface area contributed by atoms with Gasteiger partial charge in [-0.15, -0.1) is 0 Å². The first-order chi connectivity index (χ1) is 9.65. The predicted molar refractivity (Wildman–Crippen MR) is 82.9 cm³/mol. The molecule has 20 heavy (non-hydrogen) atoms. The third-order valence-electron chi connectivity index (χ3n) is 4.35. The Morgan fingerprint density at radius 1 is 1.25 bits per heavy atom. The number of aryl methyl sites for hydroxylation is 1. The van der Waals surface area contributed by atoms with Gasteiger partial charge in [0.05, 0.1) is 5.60 Å². The fourth-order valence-corrected chi connectivity index (χ4v) is 3.06. The molecule has 1 N–H and O–H groups in total. The van der Waals surface area contributed by atoms with Crippen LogP contribution < -0.4 is 0 Å². The fraction of sp³-hybridized carbons (Fsp3) is 0.706. The molecule has 0 saturated carbocycles. The van der Waals surface area contributed by atoms with Crippen molar-refractivity contribution in [2.24, 2.45) is 0 Å². The highest BCUT2D eigenvalue weighted by Crippen LogP contribution is 2.26. The predicted octanol–water partition coefficient (Wildman–Crippen LogP) is 2.81. The number of nitrogens with zero attached hydrogens (tertiary/aromatic N) is 2. The SMILES string of the molecule is CCCN1CCCC(O)(Cc2ccc(CC)cn2)CC1. The van der Waals surface area contributed by atoms with Crippen LogP contribution in [-0.4, -0.2) is 40.2 Å². The Bertz CT molecular complexity index is 404. The van der Waals surface area contributed by atoms with Crippen molar-refractivity contribution < 1.29 is 5.11 Å². The van der Waals surface area contributed by atoms with Crippen LogP contribution in [-0.2, 0) is 12.8 Å². The van der Waals surface area contributed by atoms with Crippen LogP contribution in [0, 0.1) is 0 Å². The molecule has 1 fully saturated rings. The van der Waals surface area contributed by atoms with Gasteiger partial charge in [0, 0.05) is 24.9 Å². The molecule has 3 nitrogen and oxygen atoms in total. The van der Waals surface area contributed by atoms with Gasteiger partial charge in [0.25, 0.3) is 0 Å². The molecule has 112 valence electrons. The third-order valence-corrected chi connectivity index (χ3v) is 4.35. The maximum Gasteiger partial charge on any atom is 0.0715 e. The van der Waals surface area contributed by atoms with Crippen LogP contribution in [0.25, 0.3) is 0 Å². The molecule has 0 amide bonds. The lowest BCUT2D eigenvalue weighted by atomic mass is 9.89. The van der Waals surface area contributed by atoms with Gasteiger partial charge < -0.3 is 10.0 Å². The Kier molecular flexibility index (Phi) is 5.55. The van der Waals surface area contributed by atoms with Crippen LogP contribution in [0.4, 0.5) is 0 Å². The quantitative estimate of drug-likeness (QED) is 0.898. The lowest BCUT2D eigenvalue weighted by Crippen LogP contribution is -2.34. The minimum Gasteiger partial charge on any atom is -0.389 e. The molecular weight excluding hydrogens is 248 g/mol. The normalized spacial score (nSPS) is 24.6. The Labute approximate surface area is 123 Å². The molecule has 1 aliphatic rings. The highest BCUT2D eigenvalue weighted by molar-refractivity contribution is 5.15. The molecule has 1 unspecified atom stereocenters. The van der Waals surface area contributed by atoms with Crippen molar-refractivity contribution in [3.63, 3.8) is 0 Å². The lowest BCUT2D eigenvalue weighted by molar-refractivity contribution is 0.0248. The van der Waals surface area contributed by atoms with E-state index in [0.717, 1.165) is 51.0 Å². The van der Waals surface area contributed by atoms with Gasteiger partial charge in [-0.05, 0) is 56.8 Å². The topological polar surface area (TPSA) is 36.4 Å². The van der Waals surface area contributed by atoms with E-state index in [1.54, 1.807) is 0 Å². The summed E-state index contributed by atoms with van der Waals surface area (Å²) in [7, 11) is 0. The summed E-state index contributed by atoms with van der Waals surface area (Å²) in [4.78, 5) is 6.98. The maximum absolute atomic E-state index is 10.9. The molecular formula is C17H28N2O. The summed E-state index contributed by atoms with van der Waals surface area (Å²) in [5, 5.41) is 10.9. The molecule has 3 heteroatoms. The molecule has 1 aromatic heterocycles. The first-order valence-corrected chi connectivity index (χ1v) is 8.04. The smallest absolute Gasteiger partial charge is 0.0715 e. The zero-order valence-corrected chi connectivity index (χ0v) is 12.9. The summed E-state index contributed by atoms with van der Waals surface area (Å²) in [5.74, 6) is 0. The number of aromatic nitrogens is 1. The van der Waals surface area contributed by atoms with Gasteiger partial charge in [0.1, 0.15) is 0 Å². The van der Waals surface area contributed by atoms with Gasteiger partial charge >= 0.3 is 0 Å². The summed E-state index contributed by atoms with van der Waals surface area (Å²) in [6, 6.07) is 4.21. The van der Waals surface area contributed by atoms with Crippen molar-refractivity contribution in [1.29, 1.82) is 0 Å². The molecule has 2 rings (SSSR count). The third kappa shape index (κ3) is 4.29. The van der Waals surface area contributed by atoms with Gasteiger partial charge in [0.15, 0.2) is 0 Å². The van der Waals surface area contributed by atoms with Crippen LogP contribution >= 0.6 is 0 Å². The van der Waals surface area contributed by atoms with Crippen LogP contribution in [0.15, 0.2) is 18.3 Å². The van der Waals surface area contributed by atoms with Crippen molar-refractivity contribution in [3.8, 4) is 0 Å². The summed E-state index contributed by atoms with van der Waals surface area (Å²) in [6.45, 7) is 7.64. The van der Waals surface area contributed by atoms with E-state index in [2.05, 4.69) is 35.9 Å². The first kappa shape index (κ1) is 15.5. The van der Waals surface area contributed by atoms with E-state index in [1.807, 2.05) is 6.20 Å². The van der Waals surface area contributed by atoms with Gasteiger partial charge in [0.2, 0.25) is 0 Å². The number of pyridine rings is 1. The second-order valence-electron chi connectivity index (χ2n) is 6.11. The minimum atomic E-state index is -0.566. The van der Waals surface area contributed by atoms with Crippen LogP contribution in [0.5, 0.6) is 0 Å². The largest absolute Gasteiger partial charge is 0.389 e. The second kappa shape index (κ2) is 7.19. The van der Waals surface area contributed by atoms with E-state index < -0.39 is 5.60 Å². The molecule has 0 radical (unpaired) electrons. The number of aliphatic hydroxyl groups is 1. The Balaban J connectivity index is 1.95. The molecule has 0 spiro atoms.